The fourth-order valence-electron chi connectivity index (χ4n) is 4.46. The van der Waals surface area contributed by atoms with E-state index >= 15 is 0 Å². The second-order valence-electron chi connectivity index (χ2n) is 8.75. The minimum Gasteiger partial charge on any atom is -0.362 e. The molecule has 2 aliphatic heterocycles. The number of hydrogen-bond acceptors (Lipinski definition) is 5. The molecule has 0 radical (unpaired) electrons. The van der Waals surface area contributed by atoms with Crippen LogP contribution in [0.5, 0.6) is 0 Å². The highest BCUT2D eigenvalue weighted by Crippen LogP contribution is 2.28. The lowest BCUT2D eigenvalue weighted by molar-refractivity contribution is 0.481. The molecule has 3 heterocycles. The number of halogens is 1. The summed E-state index contributed by atoms with van der Waals surface area (Å²) < 4.78 is 13.0. The molecule has 0 amide bonds. The summed E-state index contributed by atoms with van der Waals surface area (Å²) in [5.41, 5.74) is 1.12. The molecule has 0 unspecified atom stereocenters. The van der Waals surface area contributed by atoms with Crippen LogP contribution in [-0.4, -0.2) is 47.3 Å². The van der Waals surface area contributed by atoms with Crippen LogP contribution in [0.2, 0.25) is 0 Å². The van der Waals surface area contributed by atoms with Crippen molar-refractivity contribution in [2.75, 3.05) is 41.3 Å². The van der Waals surface area contributed by atoms with Crippen molar-refractivity contribution in [1.29, 1.82) is 0 Å². The first kappa shape index (κ1) is 22.7. The van der Waals surface area contributed by atoms with Crippen LogP contribution in [0.3, 0.4) is 0 Å². The van der Waals surface area contributed by atoms with Gasteiger partial charge in [-0.3, -0.25) is 0 Å². The van der Waals surface area contributed by atoms with E-state index in [0.29, 0.717) is 17.1 Å². The Bertz CT molecular complexity index is 900. The van der Waals surface area contributed by atoms with Crippen LogP contribution in [0.25, 0.3) is 0 Å². The van der Waals surface area contributed by atoms with Gasteiger partial charge in [0, 0.05) is 38.3 Å². The predicted octanol–water partition coefficient (Wildman–Crippen LogP) is 4.51. The van der Waals surface area contributed by atoms with E-state index in [1.165, 1.54) is 44.2 Å². The van der Waals surface area contributed by atoms with Gasteiger partial charge in [-0.05, 0) is 81.8 Å². The first-order valence-electron chi connectivity index (χ1n) is 11.8. The number of hydrogen-bond donors (Lipinski definition) is 2. The van der Waals surface area contributed by atoms with Gasteiger partial charge < -0.3 is 20.4 Å². The molecular weight excluding hydrogens is 423 g/mol. The molecule has 1 aromatic heterocycles. The standard InChI is InChI=1S/C24H33FN6S/c1-18-7-2-3-16-31(18)22-17-21(30-14-4-5-15-30)27-23(28-22)29-24(32)26-13-6-8-19-9-11-20(25)12-10-19/h9-12,17-18H,2-8,13-16H2,1H3,(H2,26,27,28,29,32)/t18-/m0/s1. The fourth-order valence-corrected chi connectivity index (χ4v) is 4.66. The highest BCUT2D eigenvalue weighted by Gasteiger charge is 2.23. The molecule has 2 aromatic rings. The van der Waals surface area contributed by atoms with E-state index in [9.17, 15) is 4.39 Å². The van der Waals surface area contributed by atoms with Gasteiger partial charge in [-0.25, -0.2) is 4.39 Å². The zero-order valence-corrected chi connectivity index (χ0v) is 19.6. The monoisotopic (exact) mass is 456 g/mol. The SMILES string of the molecule is C[C@H]1CCCCN1c1cc(N2CCCC2)nc(NC(=S)NCCCc2ccc(F)cc2)n1. The Morgan fingerprint density at radius 3 is 2.53 bits per heavy atom. The quantitative estimate of drug-likeness (QED) is 0.469. The van der Waals surface area contributed by atoms with Crippen LogP contribution in [0.4, 0.5) is 22.0 Å². The number of nitrogens with zero attached hydrogens (tertiary/aromatic N) is 4. The molecule has 0 saturated carbocycles. The van der Waals surface area contributed by atoms with Crippen LogP contribution < -0.4 is 20.4 Å². The lowest BCUT2D eigenvalue weighted by Gasteiger charge is -2.35. The van der Waals surface area contributed by atoms with Gasteiger partial charge in [0.05, 0.1) is 0 Å². The Kier molecular flexibility index (Phi) is 7.73. The van der Waals surface area contributed by atoms with Gasteiger partial charge in [-0.15, -0.1) is 0 Å². The molecule has 2 fully saturated rings. The largest absolute Gasteiger partial charge is 0.362 e. The van der Waals surface area contributed by atoms with E-state index in [-0.39, 0.29) is 5.82 Å². The van der Waals surface area contributed by atoms with Crippen LogP contribution in [-0.2, 0) is 6.42 Å². The van der Waals surface area contributed by atoms with Crippen molar-refractivity contribution >= 4 is 34.9 Å². The molecule has 0 aliphatic carbocycles. The maximum Gasteiger partial charge on any atom is 0.232 e. The van der Waals surface area contributed by atoms with Crippen molar-refractivity contribution in [3.8, 4) is 0 Å². The van der Waals surface area contributed by atoms with Gasteiger partial charge in [0.25, 0.3) is 0 Å². The summed E-state index contributed by atoms with van der Waals surface area (Å²) in [6, 6.07) is 9.27. The number of benzene rings is 1. The Labute approximate surface area is 195 Å². The van der Waals surface area contributed by atoms with E-state index < -0.39 is 0 Å². The first-order chi connectivity index (χ1) is 15.6. The Morgan fingerprint density at radius 2 is 1.78 bits per heavy atom. The van der Waals surface area contributed by atoms with E-state index in [1.807, 2.05) is 12.1 Å². The summed E-state index contributed by atoms with van der Waals surface area (Å²) in [6.07, 6.45) is 7.85. The van der Waals surface area contributed by atoms with Gasteiger partial charge in [-0.2, -0.15) is 9.97 Å². The summed E-state index contributed by atoms with van der Waals surface area (Å²) in [7, 11) is 0. The van der Waals surface area contributed by atoms with E-state index in [2.05, 4.69) is 33.4 Å². The lowest BCUT2D eigenvalue weighted by atomic mass is 10.0. The first-order valence-corrected chi connectivity index (χ1v) is 12.2. The third kappa shape index (κ3) is 6.06. The average Bonchev–Trinajstić information content (AvgIpc) is 3.33. The van der Waals surface area contributed by atoms with Gasteiger partial charge in [-0.1, -0.05) is 12.1 Å². The molecule has 8 heteroatoms. The van der Waals surface area contributed by atoms with E-state index in [4.69, 9.17) is 22.2 Å². The molecule has 4 rings (SSSR count). The van der Waals surface area contributed by atoms with Gasteiger partial charge in [0.1, 0.15) is 17.5 Å². The zero-order valence-electron chi connectivity index (χ0n) is 18.8. The molecule has 2 aliphatic rings. The van der Waals surface area contributed by atoms with Crippen LogP contribution >= 0.6 is 12.2 Å². The Hall–Kier alpha value is -2.48. The maximum absolute atomic E-state index is 13.0. The predicted molar refractivity (Wildman–Crippen MR) is 133 cm³/mol. The van der Waals surface area contributed by atoms with Crippen molar-refractivity contribution < 1.29 is 4.39 Å². The summed E-state index contributed by atoms with van der Waals surface area (Å²) in [5.74, 6) is 2.31. The topological polar surface area (TPSA) is 56.3 Å². The summed E-state index contributed by atoms with van der Waals surface area (Å²) >= 11 is 5.51. The normalized spacial score (nSPS) is 18.6. The van der Waals surface area contributed by atoms with Gasteiger partial charge in [0.2, 0.25) is 5.95 Å². The molecule has 0 bridgehead atoms. The van der Waals surface area contributed by atoms with Crippen molar-refractivity contribution in [2.45, 2.75) is 57.9 Å². The molecule has 172 valence electrons. The van der Waals surface area contributed by atoms with Crippen molar-refractivity contribution in [3.05, 3.63) is 41.7 Å². The smallest absolute Gasteiger partial charge is 0.232 e. The summed E-state index contributed by atoms with van der Waals surface area (Å²) in [4.78, 5) is 14.3. The number of nitrogens with one attached hydrogen (secondary N) is 2. The molecular formula is C24H33FN6S. The number of aryl methyl sites for hydroxylation is 1. The molecule has 2 saturated heterocycles. The average molecular weight is 457 g/mol. The molecule has 6 nitrogen and oxygen atoms in total. The number of anilines is 3. The number of piperidine rings is 1. The minimum absolute atomic E-state index is 0.202. The minimum atomic E-state index is -0.202. The second-order valence-corrected chi connectivity index (χ2v) is 9.16. The summed E-state index contributed by atoms with van der Waals surface area (Å²) in [6.45, 7) is 6.11. The lowest BCUT2D eigenvalue weighted by Crippen LogP contribution is -2.38. The Balaban J connectivity index is 1.37. The van der Waals surface area contributed by atoms with Crippen LogP contribution in [0.15, 0.2) is 30.3 Å². The van der Waals surface area contributed by atoms with E-state index in [0.717, 1.165) is 56.2 Å². The number of thiocarbonyl (C=S) groups is 1. The molecule has 2 N–H and O–H groups in total. The van der Waals surface area contributed by atoms with Crippen LogP contribution in [0, 0.1) is 5.82 Å². The number of aromatic nitrogens is 2. The Morgan fingerprint density at radius 1 is 1.06 bits per heavy atom. The zero-order chi connectivity index (χ0) is 22.3. The fraction of sp³-hybridized carbons (Fsp3) is 0.542. The van der Waals surface area contributed by atoms with E-state index in [1.54, 1.807) is 0 Å². The molecule has 1 atom stereocenters. The summed E-state index contributed by atoms with van der Waals surface area (Å²) in [5, 5.41) is 6.98. The van der Waals surface area contributed by atoms with Gasteiger partial charge in [0.15, 0.2) is 5.11 Å². The van der Waals surface area contributed by atoms with Gasteiger partial charge >= 0.3 is 0 Å². The van der Waals surface area contributed by atoms with Crippen molar-refractivity contribution in [1.82, 2.24) is 15.3 Å². The van der Waals surface area contributed by atoms with Crippen molar-refractivity contribution in [2.24, 2.45) is 0 Å². The maximum atomic E-state index is 13.0. The highest BCUT2D eigenvalue weighted by atomic mass is 32.1. The molecule has 0 spiro atoms. The third-order valence-electron chi connectivity index (χ3n) is 6.29. The third-order valence-corrected chi connectivity index (χ3v) is 6.54. The second kappa shape index (κ2) is 10.9. The van der Waals surface area contributed by atoms with Crippen molar-refractivity contribution in [3.63, 3.8) is 0 Å². The molecule has 1 aromatic carbocycles. The van der Waals surface area contributed by atoms with Crippen LogP contribution in [0.1, 0.15) is 51.0 Å². The highest BCUT2D eigenvalue weighted by molar-refractivity contribution is 7.80. The number of rotatable bonds is 7. The molecule has 32 heavy (non-hydrogen) atoms.